The van der Waals surface area contributed by atoms with Crippen LogP contribution in [0.15, 0.2) is 94.9 Å². The fourth-order valence-corrected chi connectivity index (χ4v) is 6.64. The predicted octanol–water partition coefficient (Wildman–Crippen LogP) is 5.50. The number of nitrogens with zero attached hydrogens (tertiary/aromatic N) is 2. The number of aliphatic carboxylic acids is 1. The topological polar surface area (TPSA) is 171 Å². The SMILES string of the molecule is O=C(O)CCCN1CCC(O[C@@H](c2ccc(Cl)cc2)c2ccccn2)CC1.O=S(=O)(O)c1cccc2c(S(=O)(=O)O)cccc12. The largest absolute Gasteiger partial charge is 0.481 e. The highest BCUT2D eigenvalue weighted by molar-refractivity contribution is 7.86. The second-order valence-electron chi connectivity index (χ2n) is 10.4. The molecule has 0 amide bonds. The first-order valence-corrected chi connectivity index (χ1v) is 17.3. The van der Waals surface area contributed by atoms with Gasteiger partial charge in [0.15, 0.2) is 0 Å². The number of piperidine rings is 1. The van der Waals surface area contributed by atoms with Crippen molar-refractivity contribution in [2.45, 2.75) is 47.7 Å². The van der Waals surface area contributed by atoms with Gasteiger partial charge in [-0.2, -0.15) is 16.8 Å². The molecule has 14 heteroatoms. The Balaban J connectivity index is 0.000000222. The molecule has 1 atom stereocenters. The lowest BCUT2D eigenvalue weighted by Crippen LogP contribution is -2.38. The van der Waals surface area contributed by atoms with Crippen molar-refractivity contribution in [1.82, 2.24) is 9.88 Å². The maximum atomic E-state index is 11.2. The molecule has 1 aliphatic rings. The number of fused-ring (bicyclic) bond motifs is 1. The first-order valence-electron chi connectivity index (χ1n) is 14.1. The van der Waals surface area contributed by atoms with E-state index in [1.807, 2.05) is 42.5 Å². The monoisotopic (exact) mass is 676 g/mol. The molecule has 3 aromatic carbocycles. The van der Waals surface area contributed by atoms with Gasteiger partial charge in [0.1, 0.15) is 15.9 Å². The van der Waals surface area contributed by atoms with Crippen LogP contribution in [0, 0.1) is 0 Å². The van der Waals surface area contributed by atoms with Crippen molar-refractivity contribution < 1.29 is 40.6 Å². The average molecular weight is 677 g/mol. The maximum absolute atomic E-state index is 11.2. The van der Waals surface area contributed by atoms with Gasteiger partial charge in [-0.3, -0.25) is 18.9 Å². The summed E-state index contributed by atoms with van der Waals surface area (Å²) >= 11 is 6.03. The van der Waals surface area contributed by atoms with E-state index in [0.29, 0.717) is 11.4 Å². The Bertz CT molecular complexity index is 1740. The van der Waals surface area contributed by atoms with Crippen molar-refractivity contribution in [3.05, 3.63) is 101 Å². The number of pyridine rings is 1. The Kier molecular flexibility index (Phi) is 11.7. The summed E-state index contributed by atoms with van der Waals surface area (Å²) < 4.78 is 69.2. The van der Waals surface area contributed by atoms with E-state index in [0.717, 1.165) is 55.9 Å². The molecule has 4 aromatic rings. The number of benzene rings is 3. The van der Waals surface area contributed by atoms with Crippen LogP contribution in [0.25, 0.3) is 10.8 Å². The van der Waals surface area contributed by atoms with Crippen molar-refractivity contribution >= 4 is 48.6 Å². The first kappa shape index (κ1) is 34.4. The number of halogens is 1. The van der Waals surface area contributed by atoms with Gasteiger partial charge in [-0.15, -0.1) is 0 Å². The van der Waals surface area contributed by atoms with E-state index in [1.165, 1.54) is 24.3 Å². The molecule has 11 nitrogen and oxygen atoms in total. The quantitative estimate of drug-likeness (QED) is 0.181. The molecular weight excluding hydrogens is 644 g/mol. The summed E-state index contributed by atoms with van der Waals surface area (Å²) in [5, 5.41) is 9.51. The summed E-state index contributed by atoms with van der Waals surface area (Å²) in [5.74, 6) is -0.727. The molecule has 0 bridgehead atoms. The molecular formula is C31H33ClN2O9S2. The highest BCUT2D eigenvalue weighted by Gasteiger charge is 2.25. The maximum Gasteiger partial charge on any atom is 0.303 e. The Morgan fingerprint density at radius 1 is 0.867 bits per heavy atom. The number of carboxylic acids is 1. The molecule has 1 fully saturated rings. The molecule has 45 heavy (non-hydrogen) atoms. The van der Waals surface area contributed by atoms with Crippen LogP contribution in [0.5, 0.6) is 0 Å². The van der Waals surface area contributed by atoms with E-state index in [-0.39, 0.29) is 29.4 Å². The number of rotatable bonds is 10. The van der Waals surface area contributed by atoms with Crippen LogP contribution in [0.3, 0.4) is 0 Å². The summed E-state index contributed by atoms with van der Waals surface area (Å²) in [5.41, 5.74) is 1.94. The second-order valence-corrected chi connectivity index (χ2v) is 13.6. The van der Waals surface area contributed by atoms with Crippen molar-refractivity contribution in [3.8, 4) is 0 Å². The average Bonchev–Trinajstić information content (AvgIpc) is 3.00. The van der Waals surface area contributed by atoms with Gasteiger partial charge in [-0.05, 0) is 67.8 Å². The van der Waals surface area contributed by atoms with Crippen LogP contribution < -0.4 is 0 Å². The fourth-order valence-electron chi connectivity index (χ4n) is 5.11. The molecule has 0 saturated carbocycles. The molecule has 1 aromatic heterocycles. The molecule has 0 radical (unpaired) electrons. The second kappa shape index (κ2) is 15.2. The minimum Gasteiger partial charge on any atom is -0.481 e. The van der Waals surface area contributed by atoms with Crippen LogP contribution in [-0.4, -0.2) is 72.6 Å². The van der Waals surface area contributed by atoms with Gasteiger partial charge in [0, 0.05) is 41.5 Å². The molecule has 0 aliphatic carbocycles. The van der Waals surface area contributed by atoms with E-state index in [4.69, 9.17) is 30.5 Å². The van der Waals surface area contributed by atoms with Crippen molar-refractivity contribution in [1.29, 1.82) is 0 Å². The Hall–Kier alpha value is -3.43. The van der Waals surface area contributed by atoms with Gasteiger partial charge < -0.3 is 14.7 Å². The van der Waals surface area contributed by atoms with E-state index in [1.54, 1.807) is 6.20 Å². The Labute approximate surface area is 266 Å². The minimum absolute atomic E-state index is 0.0233. The number of likely N-dealkylation sites (tertiary alicyclic amines) is 1. The van der Waals surface area contributed by atoms with Crippen LogP contribution >= 0.6 is 11.6 Å². The highest BCUT2D eigenvalue weighted by Crippen LogP contribution is 2.30. The van der Waals surface area contributed by atoms with Gasteiger partial charge in [-0.25, -0.2) is 0 Å². The Morgan fingerprint density at radius 3 is 1.93 bits per heavy atom. The van der Waals surface area contributed by atoms with Gasteiger partial charge in [0.25, 0.3) is 20.2 Å². The highest BCUT2D eigenvalue weighted by atomic mass is 35.5. The number of ether oxygens (including phenoxy) is 1. The van der Waals surface area contributed by atoms with Gasteiger partial charge in [-0.1, -0.05) is 54.1 Å². The first-order chi connectivity index (χ1) is 21.3. The van der Waals surface area contributed by atoms with E-state index in [2.05, 4.69) is 9.88 Å². The molecule has 3 N–H and O–H groups in total. The van der Waals surface area contributed by atoms with Crippen LogP contribution in [0.4, 0.5) is 0 Å². The molecule has 240 valence electrons. The van der Waals surface area contributed by atoms with Crippen molar-refractivity contribution in [2.75, 3.05) is 19.6 Å². The zero-order valence-electron chi connectivity index (χ0n) is 24.1. The smallest absolute Gasteiger partial charge is 0.303 e. The summed E-state index contributed by atoms with van der Waals surface area (Å²) in [7, 11) is -8.94. The number of aromatic nitrogens is 1. The van der Waals surface area contributed by atoms with Gasteiger partial charge in [0.05, 0.1) is 11.8 Å². The lowest BCUT2D eigenvalue weighted by molar-refractivity contribution is -0.137. The summed E-state index contributed by atoms with van der Waals surface area (Å²) in [6, 6.07) is 21.1. The lowest BCUT2D eigenvalue weighted by Gasteiger charge is -2.34. The van der Waals surface area contributed by atoms with Crippen LogP contribution in [0.1, 0.15) is 43.0 Å². The summed E-state index contributed by atoms with van der Waals surface area (Å²) in [6.07, 6.45) is 4.52. The van der Waals surface area contributed by atoms with E-state index in [9.17, 15) is 21.6 Å². The third-order valence-electron chi connectivity index (χ3n) is 7.26. The van der Waals surface area contributed by atoms with Gasteiger partial charge >= 0.3 is 5.97 Å². The van der Waals surface area contributed by atoms with E-state index >= 15 is 0 Å². The molecule has 2 heterocycles. The number of hydrogen-bond acceptors (Lipinski definition) is 8. The predicted molar refractivity (Wildman–Crippen MR) is 169 cm³/mol. The molecule has 1 aliphatic heterocycles. The van der Waals surface area contributed by atoms with Crippen molar-refractivity contribution in [2.24, 2.45) is 0 Å². The molecule has 1 saturated heterocycles. The zero-order chi connectivity index (χ0) is 32.6. The molecule has 5 rings (SSSR count). The number of carbonyl (C=O) groups is 1. The van der Waals surface area contributed by atoms with E-state index < -0.39 is 36.0 Å². The number of hydrogen-bond donors (Lipinski definition) is 3. The number of carboxylic acid groups (broad SMARTS) is 1. The minimum atomic E-state index is -4.47. The zero-order valence-corrected chi connectivity index (χ0v) is 26.5. The van der Waals surface area contributed by atoms with Crippen LogP contribution in [0.2, 0.25) is 5.02 Å². The van der Waals surface area contributed by atoms with Crippen LogP contribution in [-0.2, 0) is 29.8 Å². The lowest BCUT2D eigenvalue weighted by atomic mass is 10.0. The Morgan fingerprint density at radius 2 is 1.44 bits per heavy atom. The third kappa shape index (κ3) is 9.78. The summed E-state index contributed by atoms with van der Waals surface area (Å²) in [4.78, 5) is 16.6. The fraction of sp³-hybridized carbons (Fsp3) is 0.290. The third-order valence-corrected chi connectivity index (χ3v) is 9.33. The standard InChI is InChI=1S/C21H25ClN2O3.C10H8O6S2/c22-17-8-6-16(7-9-17)21(19-4-1-2-12-23-19)27-18-10-14-24(15-11-18)13-3-5-20(25)26;11-17(12,13)9-5-1-3-7-8(9)4-2-6-10(7)18(14,15)16/h1-2,4,6-9,12,18,21H,3,5,10-11,13-15H2,(H,25,26);1-6H,(H,11,12,13)(H,14,15,16)/t21-;/m0./s1. The molecule has 0 spiro atoms. The summed E-state index contributed by atoms with van der Waals surface area (Å²) in [6.45, 7) is 2.69. The van der Waals surface area contributed by atoms with Gasteiger partial charge in [0.2, 0.25) is 0 Å². The molecule has 0 unspecified atom stereocenters. The van der Waals surface area contributed by atoms with Crippen molar-refractivity contribution in [3.63, 3.8) is 0 Å². The normalized spacial score (nSPS) is 15.3.